The predicted octanol–water partition coefficient (Wildman–Crippen LogP) is 22.3. The first-order valence-corrected chi connectivity index (χ1v) is 31.4. The van der Waals surface area contributed by atoms with E-state index in [0.717, 1.165) is 134 Å². The quantitative estimate of drug-likeness (QED) is 0.145. The van der Waals surface area contributed by atoms with Crippen LogP contribution in [0.5, 0.6) is 0 Å². The molecule has 5 heterocycles. The summed E-state index contributed by atoms with van der Waals surface area (Å²) in [7, 11) is 0. The van der Waals surface area contributed by atoms with Gasteiger partial charge in [0.2, 0.25) is 0 Å². The van der Waals surface area contributed by atoms with Gasteiger partial charge in [-0.2, -0.15) is 5.26 Å². The first kappa shape index (κ1) is 52.8. The molecule has 0 radical (unpaired) electrons. The van der Waals surface area contributed by atoms with Crippen LogP contribution >= 0.6 is 0 Å². The standard InChI is InChI=1S/C86H56N6/c1-54-51-60(52-55(2)88-54)83-73(53-87)82(56-35-43-61(44-36-56)89-74-27-11-3-19-65(74)66-20-4-12-28-75(66)89)84(57-37-45-62(46-38-57)90-76-29-13-5-21-67(76)68-22-6-14-30-77(68)90)86(59-41-49-64(50-42-59)92-80-33-17-9-25-71(80)72-26-10-18-34-81(72)92)85(83)58-39-47-63(48-40-58)91-78-31-15-7-23-69(78)70-24-8-16-32-79(70)91/h3-52H,1-2H3. The zero-order valence-electron chi connectivity index (χ0n) is 50.6. The molecule has 0 saturated carbocycles. The summed E-state index contributed by atoms with van der Waals surface area (Å²) in [6.07, 6.45) is 0. The monoisotopic (exact) mass is 1170 g/mol. The van der Waals surface area contributed by atoms with Crippen molar-refractivity contribution in [3.63, 3.8) is 0 Å². The highest BCUT2D eigenvalue weighted by atomic mass is 15.0. The maximum absolute atomic E-state index is 12.5. The van der Waals surface area contributed by atoms with Crippen LogP contribution in [0.3, 0.4) is 0 Å². The lowest BCUT2D eigenvalue weighted by atomic mass is 9.75. The van der Waals surface area contributed by atoms with E-state index in [2.05, 4.69) is 342 Å². The maximum Gasteiger partial charge on any atom is 0.100 e. The number of aromatic nitrogens is 5. The van der Waals surface area contributed by atoms with Gasteiger partial charge in [0.05, 0.1) is 49.7 Å². The molecule has 0 spiro atoms. The minimum Gasteiger partial charge on any atom is -0.309 e. The average Bonchev–Trinajstić information content (AvgIpc) is 0.953. The Morgan fingerprint density at radius 2 is 0.435 bits per heavy atom. The van der Waals surface area contributed by atoms with Gasteiger partial charge in [-0.05, 0) is 168 Å². The first-order chi connectivity index (χ1) is 45.5. The fourth-order valence-electron chi connectivity index (χ4n) is 15.2. The van der Waals surface area contributed by atoms with Crippen molar-refractivity contribution in [2.24, 2.45) is 0 Å². The molecule has 0 amide bonds. The van der Waals surface area contributed by atoms with E-state index in [1.807, 2.05) is 0 Å². The van der Waals surface area contributed by atoms with Gasteiger partial charge in [-0.1, -0.05) is 194 Å². The molecule has 0 fully saturated rings. The molecule has 6 heteroatoms. The summed E-state index contributed by atoms with van der Waals surface area (Å²) in [5.41, 5.74) is 25.0. The van der Waals surface area contributed by atoms with Gasteiger partial charge in [0.15, 0.2) is 0 Å². The Morgan fingerprint density at radius 3 is 0.663 bits per heavy atom. The normalized spacial score (nSPS) is 11.8. The van der Waals surface area contributed by atoms with E-state index in [0.29, 0.717) is 5.56 Å². The molecular weight excluding hydrogens is 1120 g/mol. The summed E-state index contributed by atoms with van der Waals surface area (Å²) in [5, 5.41) is 22.1. The molecular formula is C86H56N6. The Bertz CT molecular complexity index is 5830. The molecule has 0 bridgehead atoms. The predicted molar refractivity (Wildman–Crippen MR) is 383 cm³/mol. The van der Waals surface area contributed by atoms with Crippen LogP contribution < -0.4 is 0 Å². The van der Waals surface area contributed by atoms with Crippen LogP contribution in [-0.4, -0.2) is 23.3 Å². The van der Waals surface area contributed by atoms with Crippen molar-refractivity contribution in [2.45, 2.75) is 13.8 Å². The smallest absolute Gasteiger partial charge is 0.100 e. The van der Waals surface area contributed by atoms with Crippen molar-refractivity contribution in [1.82, 2.24) is 23.3 Å². The van der Waals surface area contributed by atoms with Gasteiger partial charge in [-0.3, -0.25) is 4.98 Å². The molecule has 0 saturated heterocycles. The van der Waals surface area contributed by atoms with E-state index < -0.39 is 0 Å². The maximum atomic E-state index is 12.5. The number of benzene rings is 13. The van der Waals surface area contributed by atoms with Crippen molar-refractivity contribution in [3.8, 4) is 84.5 Å². The highest BCUT2D eigenvalue weighted by molar-refractivity contribution is 6.15. The molecule has 92 heavy (non-hydrogen) atoms. The zero-order valence-corrected chi connectivity index (χ0v) is 50.6. The van der Waals surface area contributed by atoms with Gasteiger partial charge in [0, 0.05) is 88.4 Å². The molecule has 6 nitrogen and oxygen atoms in total. The van der Waals surface area contributed by atoms with Gasteiger partial charge < -0.3 is 18.3 Å². The minimum absolute atomic E-state index is 0.577. The van der Waals surface area contributed by atoms with E-state index in [4.69, 9.17) is 4.98 Å². The SMILES string of the molecule is Cc1cc(-c2c(C#N)c(-c3ccc(-n4c5ccccc5c5ccccc54)cc3)c(-c3ccc(-n4c5ccccc5c5ccccc54)cc3)c(-c3ccc(-n4c5ccccc5c5ccccc54)cc3)c2-c2ccc(-n3c4ccccc4c4ccccc43)cc2)cc(C)n1. The van der Waals surface area contributed by atoms with Crippen LogP contribution in [0.25, 0.3) is 166 Å². The molecule has 0 atom stereocenters. The number of pyridine rings is 1. The lowest BCUT2D eigenvalue weighted by Gasteiger charge is -2.27. The van der Waals surface area contributed by atoms with Gasteiger partial charge in [-0.25, -0.2) is 0 Å². The Kier molecular flexibility index (Phi) is 12.0. The second-order valence-corrected chi connectivity index (χ2v) is 24.2. The number of aryl methyl sites for hydroxylation is 2. The third-order valence-corrected chi connectivity index (χ3v) is 19.0. The van der Waals surface area contributed by atoms with E-state index >= 15 is 0 Å². The minimum atomic E-state index is 0.577. The Balaban J connectivity index is 0.950. The number of nitriles is 1. The highest BCUT2D eigenvalue weighted by Gasteiger charge is 2.30. The van der Waals surface area contributed by atoms with Crippen LogP contribution in [-0.2, 0) is 0 Å². The van der Waals surface area contributed by atoms with Crippen LogP contribution in [0.15, 0.2) is 303 Å². The molecule has 18 aromatic rings. The Labute approximate surface area is 531 Å². The number of hydrogen-bond acceptors (Lipinski definition) is 2. The van der Waals surface area contributed by atoms with E-state index in [1.165, 1.54) is 43.1 Å². The number of fused-ring (bicyclic) bond motifs is 12. The largest absolute Gasteiger partial charge is 0.309 e. The average molecular weight is 1170 g/mol. The van der Waals surface area contributed by atoms with E-state index in [-0.39, 0.29) is 0 Å². The second kappa shape index (κ2) is 20.9. The molecule has 13 aromatic carbocycles. The molecule has 0 N–H and O–H groups in total. The summed E-state index contributed by atoms with van der Waals surface area (Å²) in [5.74, 6) is 0. The summed E-state index contributed by atoms with van der Waals surface area (Å²) in [6.45, 7) is 4.11. The van der Waals surface area contributed by atoms with Crippen molar-refractivity contribution >= 4 is 87.2 Å². The molecule has 0 aliphatic heterocycles. The van der Waals surface area contributed by atoms with Crippen molar-refractivity contribution in [2.75, 3.05) is 0 Å². The molecule has 0 unspecified atom stereocenters. The van der Waals surface area contributed by atoms with Gasteiger partial charge >= 0.3 is 0 Å². The fraction of sp³-hybridized carbons (Fsp3) is 0.0233. The van der Waals surface area contributed by atoms with Crippen LogP contribution in [0.1, 0.15) is 17.0 Å². The van der Waals surface area contributed by atoms with Gasteiger partial charge in [0.1, 0.15) is 6.07 Å². The van der Waals surface area contributed by atoms with Crippen LogP contribution in [0.4, 0.5) is 0 Å². The van der Waals surface area contributed by atoms with Crippen molar-refractivity contribution in [1.29, 1.82) is 5.26 Å². The molecule has 0 aliphatic rings. The first-order valence-electron chi connectivity index (χ1n) is 31.4. The summed E-state index contributed by atoms with van der Waals surface area (Å²) < 4.78 is 9.49. The Morgan fingerprint density at radius 1 is 0.239 bits per heavy atom. The van der Waals surface area contributed by atoms with Crippen LogP contribution in [0.2, 0.25) is 0 Å². The number of para-hydroxylation sites is 8. The van der Waals surface area contributed by atoms with Crippen molar-refractivity contribution < 1.29 is 0 Å². The number of nitrogens with zero attached hydrogens (tertiary/aromatic N) is 6. The molecule has 5 aromatic heterocycles. The number of hydrogen-bond donors (Lipinski definition) is 0. The second-order valence-electron chi connectivity index (χ2n) is 24.2. The highest BCUT2D eigenvalue weighted by Crippen LogP contribution is 2.54. The summed E-state index contributed by atoms with van der Waals surface area (Å²) >= 11 is 0. The fourth-order valence-corrected chi connectivity index (χ4v) is 15.2. The summed E-state index contributed by atoms with van der Waals surface area (Å²) in [6, 6.07) is 113. The third-order valence-electron chi connectivity index (χ3n) is 19.0. The molecule has 0 aliphatic carbocycles. The van der Waals surface area contributed by atoms with Crippen molar-refractivity contribution in [3.05, 3.63) is 320 Å². The zero-order chi connectivity index (χ0) is 61.1. The van der Waals surface area contributed by atoms with Gasteiger partial charge in [-0.15, -0.1) is 0 Å². The van der Waals surface area contributed by atoms with E-state index in [1.54, 1.807) is 0 Å². The lowest BCUT2D eigenvalue weighted by Crippen LogP contribution is -2.04. The topological polar surface area (TPSA) is 56.4 Å². The Hall–Kier alpha value is -12.3. The van der Waals surface area contributed by atoms with Gasteiger partial charge in [0.25, 0.3) is 0 Å². The summed E-state index contributed by atoms with van der Waals surface area (Å²) in [4.78, 5) is 4.96. The number of rotatable bonds is 9. The lowest BCUT2D eigenvalue weighted by molar-refractivity contribution is 1.12. The van der Waals surface area contributed by atoms with E-state index in [9.17, 15) is 5.26 Å². The molecule has 430 valence electrons. The third kappa shape index (κ3) is 8.09. The van der Waals surface area contributed by atoms with Crippen LogP contribution in [0, 0.1) is 25.2 Å². The molecule has 18 rings (SSSR count).